The van der Waals surface area contributed by atoms with Crippen molar-refractivity contribution in [3.8, 4) is 5.75 Å². The van der Waals surface area contributed by atoms with Crippen LogP contribution in [0.15, 0.2) is 23.1 Å². The van der Waals surface area contributed by atoms with Crippen molar-refractivity contribution in [1.82, 2.24) is 9.21 Å². The molecule has 1 unspecified atom stereocenters. The van der Waals surface area contributed by atoms with E-state index in [2.05, 4.69) is 5.32 Å². The SMILES string of the molecule is CCOC(=O)C1CCCN(CC(=O)Nc2cc(S(=O)(=O)N3CCCCC3)ccc2OC)C1. The third-order valence-corrected chi connectivity index (χ3v) is 7.79. The van der Waals surface area contributed by atoms with Gasteiger partial charge in [-0.15, -0.1) is 0 Å². The predicted molar refractivity (Wildman–Crippen MR) is 120 cm³/mol. The van der Waals surface area contributed by atoms with Crippen LogP contribution in [0.3, 0.4) is 0 Å². The Morgan fingerprint density at radius 1 is 1.12 bits per heavy atom. The highest BCUT2D eigenvalue weighted by Crippen LogP contribution is 2.30. The van der Waals surface area contributed by atoms with Crippen molar-refractivity contribution < 1.29 is 27.5 Å². The number of nitrogens with one attached hydrogen (secondary N) is 1. The summed E-state index contributed by atoms with van der Waals surface area (Å²) < 4.78 is 38.0. The maximum atomic E-state index is 13.0. The van der Waals surface area contributed by atoms with Gasteiger partial charge in [-0.1, -0.05) is 6.42 Å². The van der Waals surface area contributed by atoms with Crippen LogP contribution >= 0.6 is 0 Å². The molecule has 2 aliphatic rings. The zero-order valence-corrected chi connectivity index (χ0v) is 19.7. The number of carbonyl (C=O) groups excluding carboxylic acids is 2. The van der Waals surface area contributed by atoms with Crippen LogP contribution in [-0.2, 0) is 24.3 Å². The van der Waals surface area contributed by atoms with Gasteiger partial charge in [-0.2, -0.15) is 4.31 Å². The number of carbonyl (C=O) groups is 2. The molecule has 0 aromatic heterocycles. The van der Waals surface area contributed by atoms with Crippen molar-refractivity contribution in [2.75, 3.05) is 51.8 Å². The number of benzene rings is 1. The molecular formula is C22H33N3O6S. The summed E-state index contributed by atoms with van der Waals surface area (Å²) in [4.78, 5) is 26.8. The van der Waals surface area contributed by atoms with Gasteiger partial charge in [0.2, 0.25) is 15.9 Å². The van der Waals surface area contributed by atoms with E-state index in [0.29, 0.717) is 44.2 Å². The van der Waals surface area contributed by atoms with Crippen LogP contribution < -0.4 is 10.1 Å². The minimum Gasteiger partial charge on any atom is -0.495 e. The number of esters is 1. The van der Waals surface area contributed by atoms with Gasteiger partial charge in [-0.05, 0) is 57.4 Å². The first-order chi connectivity index (χ1) is 15.3. The van der Waals surface area contributed by atoms with E-state index < -0.39 is 10.0 Å². The van der Waals surface area contributed by atoms with E-state index in [-0.39, 0.29) is 29.2 Å². The van der Waals surface area contributed by atoms with Crippen LogP contribution in [-0.4, -0.2) is 75.9 Å². The van der Waals surface area contributed by atoms with Crippen LogP contribution in [0.4, 0.5) is 5.69 Å². The van der Waals surface area contributed by atoms with E-state index in [1.807, 2.05) is 4.90 Å². The molecule has 1 amide bonds. The van der Waals surface area contributed by atoms with Crippen molar-refractivity contribution >= 4 is 27.6 Å². The molecule has 0 spiro atoms. The lowest BCUT2D eigenvalue weighted by Crippen LogP contribution is -2.43. The highest BCUT2D eigenvalue weighted by Gasteiger charge is 2.29. The van der Waals surface area contributed by atoms with Gasteiger partial charge in [0.25, 0.3) is 0 Å². The van der Waals surface area contributed by atoms with E-state index in [9.17, 15) is 18.0 Å². The number of likely N-dealkylation sites (tertiary alicyclic amines) is 1. The van der Waals surface area contributed by atoms with Gasteiger partial charge in [-0.3, -0.25) is 14.5 Å². The maximum Gasteiger partial charge on any atom is 0.310 e. The van der Waals surface area contributed by atoms with Crippen LogP contribution in [0.5, 0.6) is 5.75 Å². The first kappa shape index (κ1) is 24.5. The molecule has 2 saturated heterocycles. The van der Waals surface area contributed by atoms with Gasteiger partial charge in [0, 0.05) is 19.6 Å². The second kappa shape index (κ2) is 11.1. The van der Waals surface area contributed by atoms with Gasteiger partial charge in [0.1, 0.15) is 5.75 Å². The fraction of sp³-hybridized carbons (Fsp3) is 0.636. The number of methoxy groups -OCH3 is 1. The van der Waals surface area contributed by atoms with E-state index in [0.717, 1.165) is 32.1 Å². The minimum absolute atomic E-state index is 0.0994. The molecule has 178 valence electrons. The van der Waals surface area contributed by atoms with Crippen molar-refractivity contribution in [1.29, 1.82) is 0 Å². The Kier molecular flexibility index (Phi) is 8.50. The lowest BCUT2D eigenvalue weighted by molar-refractivity contribution is -0.150. The zero-order valence-electron chi connectivity index (χ0n) is 18.8. The standard InChI is InChI=1S/C22H33N3O6S/c1-3-31-22(27)17-8-7-11-24(15-17)16-21(26)23-19-14-18(9-10-20(19)30-2)32(28,29)25-12-5-4-6-13-25/h9-10,14,17H,3-8,11-13,15-16H2,1-2H3,(H,23,26). The van der Waals surface area contributed by atoms with Crippen molar-refractivity contribution in [2.45, 2.75) is 43.9 Å². The fourth-order valence-electron chi connectivity index (χ4n) is 4.24. The van der Waals surface area contributed by atoms with Crippen LogP contribution in [0.25, 0.3) is 0 Å². The molecule has 2 heterocycles. The number of piperidine rings is 2. The number of hydrogen-bond acceptors (Lipinski definition) is 7. The minimum atomic E-state index is -3.63. The summed E-state index contributed by atoms with van der Waals surface area (Å²) in [5.74, 6) is -0.363. The molecule has 1 aromatic rings. The Bertz CT molecular complexity index is 914. The molecule has 1 aromatic carbocycles. The normalized spacial score (nSPS) is 20.5. The lowest BCUT2D eigenvalue weighted by atomic mass is 9.98. The topological polar surface area (TPSA) is 105 Å². The van der Waals surface area contributed by atoms with E-state index in [1.54, 1.807) is 13.0 Å². The Hall–Kier alpha value is -2.17. The number of sulfonamides is 1. The fourth-order valence-corrected chi connectivity index (χ4v) is 5.79. The molecule has 10 heteroatoms. The first-order valence-electron chi connectivity index (χ1n) is 11.2. The van der Waals surface area contributed by atoms with Gasteiger partial charge >= 0.3 is 5.97 Å². The first-order valence-corrected chi connectivity index (χ1v) is 12.7. The van der Waals surface area contributed by atoms with Crippen LogP contribution in [0, 0.1) is 5.92 Å². The van der Waals surface area contributed by atoms with Gasteiger partial charge in [0.15, 0.2) is 0 Å². The third-order valence-electron chi connectivity index (χ3n) is 5.89. The van der Waals surface area contributed by atoms with Gasteiger partial charge in [0.05, 0.1) is 36.8 Å². The summed E-state index contributed by atoms with van der Waals surface area (Å²) in [7, 11) is -2.16. The molecule has 0 saturated carbocycles. The quantitative estimate of drug-likeness (QED) is 0.584. The Balaban J connectivity index is 1.68. The molecule has 9 nitrogen and oxygen atoms in total. The van der Waals surface area contributed by atoms with Gasteiger partial charge in [-0.25, -0.2) is 8.42 Å². The molecule has 0 aliphatic carbocycles. The number of nitrogens with zero attached hydrogens (tertiary/aromatic N) is 2. The number of rotatable bonds is 8. The van der Waals surface area contributed by atoms with E-state index in [1.165, 1.54) is 23.5 Å². The summed E-state index contributed by atoms with van der Waals surface area (Å²) >= 11 is 0. The monoisotopic (exact) mass is 467 g/mol. The van der Waals surface area contributed by atoms with Crippen LogP contribution in [0.1, 0.15) is 39.0 Å². The van der Waals surface area contributed by atoms with Crippen molar-refractivity contribution in [2.24, 2.45) is 5.92 Å². The molecule has 2 fully saturated rings. The predicted octanol–water partition coefficient (Wildman–Crippen LogP) is 2.08. The average Bonchev–Trinajstić information content (AvgIpc) is 2.80. The summed E-state index contributed by atoms with van der Waals surface area (Å²) in [6.45, 7) is 4.41. The molecule has 2 aliphatic heterocycles. The molecule has 3 rings (SSSR count). The zero-order chi connectivity index (χ0) is 23.1. The number of hydrogen-bond donors (Lipinski definition) is 1. The second-order valence-corrected chi connectivity index (χ2v) is 10.1. The molecule has 1 N–H and O–H groups in total. The summed E-state index contributed by atoms with van der Waals surface area (Å²) in [5, 5.41) is 2.79. The largest absolute Gasteiger partial charge is 0.495 e. The second-order valence-electron chi connectivity index (χ2n) is 8.20. The number of amides is 1. The van der Waals surface area contributed by atoms with E-state index in [4.69, 9.17) is 9.47 Å². The Morgan fingerprint density at radius 2 is 1.88 bits per heavy atom. The molecule has 1 atom stereocenters. The van der Waals surface area contributed by atoms with Crippen molar-refractivity contribution in [3.63, 3.8) is 0 Å². The summed E-state index contributed by atoms with van der Waals surface area (Å²) in [6, 6.07) is 4.52. The third kappa shape index (κ3) is 5.99. The number of anilines is 1. The summed E-state index contributed by atoms with van der Waals surface area (Å²) in [6.07, 6.45) is 4.29. The Morgan fingerprint density at radius 3 is 2.56 bits per heavy atom. The van der Waals surface area contributed by atoms with E-state index >= 15 is 0 Å². The summed E-state index contributed by atoms with van der Waals surface area (Å²) in [5.41, 5.74) is 0.314. The molecular weight excluding hydrogens is 434 g/mol. The van der Waals surface area contributed by atoms with Crippen LogP contribution in [0.2, 0.25) is 0 Å². The average molecular weight is 468 g/mol. The van der Waals surface area contributed by atoms with Crippen molar-refractivity contribution in [3.05, 3.63) is 18.2 Å². The lowest BCUT2D eigenvalue weighted by Gasteiger charge is -2.31. The Labute approximate surface area is 190 Å². The maximum absolute atomic E-state index is 13.0. The van der Waals surface area contributed by atoms with Gasteiger partial charge < -0.3 is 14.8 Å². The molecule has 32 heavy (non-hydrogen) atoms. The highest BCUT2D eigenvalue weighted by molar-refractivity contribution is 7.89. The number of ether oxygens (including phenoxy) is 2. The molecule has 0 bridgehead atoms. The highest BCUT2D eigenvalue weighted by atomic mass is 32.2. The molecule has 0 radical (unpaired) electrons. The smallest absolute Gasteiger partial charge is 0.310 e.